The van der Waals surface area contributed by atoms with Crippen LogP contribution in [0.4, 0.5) is 10.1 Å². The van der Waals surface area contributed by atoms with E-state index < -0.39 is 33.6 Å². The highest BCUT2D eigenvalue weighted by atomic mass is 19.1. The number of nitrogens with one attached hydrogen (secondary N) is 1. The van der Waals surface area contributed by atoms with Gasteiger partial charge in [0.25, 0.3) is 5.91 Å². The highest BCUT2D eigenvalue weighted by molar-refractivity contribution is 5.99. The lowest BCUT2D eigenvalue weighted by Gasteiger charge is -2.27. The number of rotatable bonds is 4. The fraction of sp³-hybridized carbons (Fsp3) is 0.188. The Labute approximate surface area is 131 Å². The van der Waals surface area contributed by atoms with E-state index in [9.17, 15) is 24.4 Å². The predicted molar refractivity (Wildman–Crippen MR) is 81.7 cm³/mol. The molecule has 1 amide bonds. The Morgan fingerprint density at radius 3 is 2.52 bits per heavy atom. The van der Waals surface area contributed by atoms with Crippen LogP contribution in [0.1, 0.15) is 29.8 Å². The highest BCUT2D eigenvalue weighted by Gasteiger charge is 2.29. The number of nitro benzene ring substituents is 1. The predicted octanol–water partition coefficient (Wildman–Crippen LogP) is 3.10. The summed E-state index contributed by atoms with van der Waals surface area (Å²) in [6.07, 6.45) is 0. The van der Waals surface area contributed by atoms with Gasteiger partial charge in [-0.2, -0.15) is 0 Å². The molecule has 0 spiro atoms. The molecule has 0 aliphatic heterocycles. The molecule has 0 aromatic heterocycles. The van der Waals surface area contributed by atoms with Crippen molar-refractivity contribution in [2.75, 3.05) is 0 Å². The first-order chi connectivity index (χ1) is 10.7. The molecule has 2 N–H and O–H groups in total. The van der Waals surface area contributed by atoms with Crippen LogP contribution in [0, 0.1) is 15.9 Å². The van der Waals surface area contributed by atoms with E-state index in [-0.39, 0.29) is 5.56 Å². The van der Waals surface area contributed by atoms with Gasteiger partial charge in [-0.3, -0.25) is 14.9 Å². The summed E-state index contributed by atoms with van der Waals surface area (Å²) < 4.78 is 13.3. The molecule has 2 aromatic carbocycles. The van der Waals surface area contributed by atoms with Crippen LogP contribution in [-0.4, -0.2) is 15.9 Å². The second-order valence-electron chi connectivity index (χ2n) is 5.52. The Kier molecular flexibility index (Phi) is 4.31. The molecule has 0 heterocycles. The molecule has 0 atom stereocenters. The van der Waals surface area contributed by atoms with Gasteiger partial charge in [-0.05, 0) is 43.7 Å². The average Bonchev–Trinajstić information content (AvgIpc) is 2.46. The summed E-state index contributed by atoms with van der Waals surface area (Å²) in [5.41, 5.74) is -1.38. The summed E-state index contributed by atoms with van der Waals surface area (Å²) >= 11 is 0. The quantitative estimate of drug-likeness (QED) is 0.669. The Hall–Kier alpha value is -2.96. The summed E-state index contributed by atoms with van der Waals surface area (Å²) in [5, 5.41) is 23.3. The van der Waals surface area contributed by atoms with Crippen LogP contribution in [0.5, 0.6) is 5.75 Å². The number of halogens is 1. The van der Waals surface area contributed by atoms with Gasteiger partial charge in [-0.1, -0.05) is 18.2 Å². The molecule has 0 aliphatic carbocycles. The third kappa shape index (κ3) is 3.45. The van der Waals surface area contributed by atoms with Crippen LogP contribution in [0.15, 0.2) is 42.5 Å². The maximum Gasteiger partial charge on any atom is 0.323 e. The molecule has 7 heteroatoms. The molecule has 0 saturated heterocycles. The fourth-order valence-corrected chi connectivity index (χ4v) is 2.21. The van der Waals surface area contributed by atoms with E-state index in [2.05, 4.69) is 5.32 Å². The number of amides is 1. The third-order valence-corrected chi connectivity index (χ3v) is 3.41. The van der Waals surface area contributed by atoms with Gasteiger partial charge >= 0.3 is 5.69 Å². The molecule has 0 aliphatic rings. The Morgan fingerprint density at radius 2 is 1.91 bits per heavy atom. The van der Waals surface area contributed by atoms with Crippen molar-refractivity contribution in [1.82, 2.24) is 5.32 Å². The number of nitrogens with zero attached hydrogens (tertiary/aromatic N) is 1. The number of carbonyl (C=O) groups is 1. The lowest BCUT2D eigenvalue weighted by Crippen LogP contribution is -2.41. The van der Waals surface area contributed by atoms with E-state index in [0.29, 0.717) is 5.56 Å². The maximum absolute atomic E-state index is 13.3. The number of hydrogen-bond acceptors (Lipinski definition) is 4. The summed E-state index contributed by atoms with van der Waals surface area (Å²) in [4.78, 5) is 22.6. The van der Waals surface area contributed by atoms with Crippen LogP contribution in [-0.2, 0) is 5.54 Å². The van der Waals surface area contributed by atoms with Crippen LogP contribution in [0.2, 0.25) is 0 Å². The fourth-order valence-electron chi connectivity index (χ4n) is 2.21. The number of para-hydroxylation sites is 1. The first-order valence-corrected chi connectivity index (χ1v) is 6.77. The number of phenolic OH excluding ortho intramolecular Hbond substituents is 1. The van der Waals surface area contributed by atoms with Crippen molar-refractivity contribution < 1.29 is 19.2 Å². The van der Waals surface area contributed by atoms with Crippen molar-refractivity contribution in [2.45, 2.75) is 19.4 Å². The second-order valence-corrected chi connectivity index (χ2v) is 5.52. The minimum atomic E-state index is -0.960. The molecule has 2 aromatic rings. The van der Waals surface area contributed by atoms with Crippen LogP contribution in [0.25, 0.3) is 0 Å². The van der Waals surface area contributed by atoms with Crippen LogP contribution >= 0.6 is 0 Å². The molecule has 0 fully saturated rings. The van der Waals surface area contributed by atoms with Crippen LogP contribution in [0.3, 0.4) is 0 Å². The van der Waals surface area contributed by atoms with E-state index >= 15 is 0 Å². The van der Waals surface area contributed by atoms with Crippen molar-refractivity contribution >= 4 is 11.6 Å². The number of phenols is 1. The molecular weight excluding hydrogens is 303 g/mol. The Morgan fingerprint density at radius 1 is 1.26 bits per heavy atom. The minimum Gasteiger partial charge on any atom is -0.502 e. The van der Waals surface area contributed by atoms with Crippen molar-refractivity contribution in [3.63, 3.8) is 0 Å². The summed E-state index contributed by atoms with van der Waals surface area (Å²) in [6, 6.07) is 9.42. The molecular formula is C16H15FN2O4. The number of benzene rings is 2. The Balaban J connectivity index is 2.36. The summed E-state index contributed by atoms with van der Waals surface area (Å²) in [6.45, 7) is 3.29. The average molecular weight is 318 g/mol. The van der Waals surface area contributed by atoms with Gasteiger partial charge in [-0.15, -0.1) is 0 Å². The number of nitro groups is 1. The number of hydrogen-bond donors (Lipinski definition) is 2. The van der Waals surface area contributed by atoms with Gasteiger partial charge in [-0.25, -0.2) is 4.39 Å². The lowest BCUT2D eigenvalue weighted by molar-refractivity contribution is -0.386. The van der Waals surface area contributed by atoms with Gasteiger partial charge in [0.05, 0.1) is 10.5 Å². The SMILES string of the molecule is CC(C)(NC(=O)c1cccc(O)c1[N+](=O)[O-])c1cccc(F)c1. The van der Waals surface area contributed by atoms with Gasteiger partial charge in [0.1, 0.15) is 11.4 Å². The molecule has 23 heavy (non-hydrogen) atoms. The second kappa shape index (κ2) is 6.04. The third-order valence-electron chi connectivity index (χ3n) is 3.41. The monoisotopic (exact) mass is 318 g/mol. The molecule has 120 valence electrons. The van der Waals surface area contributed by atoms with E-state index in [1.165, 1.54) is 30.3 Å². The zero-order valence-corrected chi connectivity index (χ0v) is 12.5. The van der Waals surface area contributed by atoms with Crippen LogP contribution < -0.4 is 5.32 Å². The van der Waals surface area contributed by atoms with E-state index in [0.717, 1.165) is 6.07 Å². The standard InChI is InChI=1S/C16H15FN2O4/c1-16(2,10-5-3-6-11(17)9-10)18-15(21)12-7-4-8-13(20)14(12)19(22)23/h3-9,20H,1-2H3,(H,18,21). The van der Waals surface area contributed by atoms with Crippen molar-refractivity contribution in [3.05, 3.63) is 69.5 Å². The molecule has 0 unspecified atom stereocenters. The molecule has 0 saturated carbocycles. The molecule has 0 radical (unpaired) electrons. The normalized spacial score (nSPS) is 11.1. The van der Waals surface area contributed by atoms with E-state index in [4.69, 9.17) is 0 Å². The molecule has 6 nitrogen and oxygen atoms in total. The zero-order chi connectivity index (χ0) is 17.2. The van der Waals surface area contributed by atoms with Gasteiger partial charge in [0, 0.05) is 0 Å². The topological polar surface area (TPSA) is 92.5 Å². The van der Waals surface area contributed by atoms with Crippen molar-refractivity contribution in [3.8, 4) is 5.75 Å². The molecule has 2 rings (SSSR count). The Bertz CT molecular complexity index is 774. The van der Waals surface area contributed by atoms with Gasteiger partial charge in [0.15, 0.2) is 5.75 Å². The minimum absolute atomic E-state index is 0.264. The van der Waals surface area contributed by atoms with E-state index in [1.54, 1.807) is 19.9 Å². The van der Waals surface area contributed by atoms with Crippen molar-refractivity contribution in [1.29, 1.82) is 0 Å². The summed E-state index contributed by atoms with van der Waals surface area (Å²) in [5.74, 6) is -1.78. The maximum atomic E-state index is 13.3. The van der Waals surface area contributed by atoms with Gasteiger partial charge in [0.2, 0.25) is 0 Å². The number of carbonyl (C=O) groups excluding carboxylic acids is 1. The largest absolute Gasteiger partial charge is 0.502 e. The first kappa shape index (κ1) is 16.4. The zero-order valence-electron chi connectivity index (χ0n) is 12.5. The van der Waals surface area contributed by atoms with E-state index in [1.807, 2.05) is 0 Å². The summed E-state index contributed by atoms with van der Waals surface area (Å²) in [7, 11) is 0. The van der Waals surface area contributed by atoms with Crippen molar-refractivity contribution in [2.24, 2.45) is 0 Å². The first-order valence-electron chi connectivity index (χ1n) is 6.77. The van der Waals surface area contributed by atoms with Gasteiger partial charge < -0.3 is 10.4 Å². The highest BCUT2D eigenvalue weighted by Crippen LogP contribution is 2.30. The number of aromatic hydroxyl groups is 1. The lowest BCUT2D eigenvalue weighted by atomic mass is 9.93. The smallest absolute Gasteiger partial charge is 0.323 e. The molecule has 0 bridgehead atoms.